The maximum Gasteiger partial charge on any atom is 0.126 e. The number of alkyl halides is 1. The molecule has 1 saturated heterocycles. The van der Waals surface area contributed by atoms with Crippen molar-refractivity contribution in [1.29, 1.82) is 10.8 Å². The van der Waals surface area contributed by atoms with Crippen LogP contribution in [0.3, 0.4) is 0 Å². The molecule has 7 nitrogen and oxygen atoms in total. The summed E-state index contributed by atoms with van der Waals surface area (Å²) in [7, 11) is 0. The van der Waals surface area contributed by atoms with Crippen molar-refractivity contribution in [2.45, 2.75) is 32.0 Å². The molecule has 0 amide bonds. The first-order valence-corrected chi connectivity index (χ1v) is 10.3. The summed E-state index contributed by atoms with van der Waals surface area (Å²) in [6.07, 6.45) is 4.64. The minimum atomic E-state index is -0.831. The summed E-state index contributed by atoms with van der Waals surface area (Å²) in [5.41, 5.74) is 7.77. The summed E-state index contributed by atoms with van der Waals surface area (Å²) in [6, 6.07) is 2.32. The van der Waals surface area contributed by atoms with E-state index in [0.29, 0.717) is 17.4 Å². The van der Waals surface area contributed by atoms with Gasteiger partial charge in [-0.05, 0) is 42.5 Å². The number of likely N-dealkylation sites (tertiary alicyclic amines) is 1. The third-order valence-electron chi connectivity index (χ3n) is 4.52. The summed E-state index contributed by atoms with van der Waals surface area (Å²) >= 11 is 1.40. The molecule has 0 spiro atoms. The normalized spacial score (nSPS) is 18.6. The number of benzene rings is 1. The van der Waals surface area contributed by atoms with Gasteiger partial charge < -0.3 is 34.2 Å². The fourth-order valence-electron chi connectivity index (χ4n) is 2.68. The molecule has 0 aliphatic carbocycles. The van der Waals surface area contributed by atoms with E-state index < -0.39 is 23.8 Å². The Bertz CT molecular complexity index is 710. The molecule has 1 aromatic carbocycles. The second-order valence-electron chi connectivity index (χ2n) is 6.69. The van der Waals surface area contributed by atoms with Gasteiger partial charge in [-0.2, -0.15) is 5.48 Å². The Kier molecular flexibility index (Phi) is 19.7. The Hall–Kier alpha value is -1.50. The Balaban J connectivity index is -0.000000481. The van der Waals surface area contributed by atoms with Gasteiger partial charge in [0.1, 0.15) is 23.6 Å². The molecule has 0 bridgehead atoms. The van der Waals surface area contributed by atoms with Gasteiger partial charge in [-0.3, -0.25) is 5.41 Å². The van der Waals surface area contributed by atoms with Gasteiger partial charge in [-0.25, -0.2) is 13.2 Å². The van der Waals surface area contributed by atoms with Crippen molar-refractivity contribution in [2.24, 2.45) is 11.7 Å². The van der Waals surface area contributed by atoms with Gasteiger partial charge in [0, 0.05) is 43.7 Å². The first kappa shape index (κ1) is 35.1. The van der Waals surface area contributed by atoms with Crippen LogP contribution in [0.1, 0.15) is 31.4 Å². The molecule has 1 aliphatic heterocycles. The SMILES string of the molecule is CS/C(N)=C/C(=N)N1CC[C@H](C)[C@H](F)C1.N=CC[C@H](NO)c1cc(F)cc(F)c1.O.[CH3-].[V]. The number of nitrogens with one attached hydrogen (secondary N) is 3. The third kappa shape index (κ3) is 11.9. The van der Waals surface area contributed by atoms with Crippen LogP contribution >= 0.6 is 11.8 Å². The Morgan fingerprint density at radius 3 is 2.38 bits per heavy atom. The zero-order chi connectivity index (χ0) is 22.0. The Morgan fingerprint density at radius 2 is 1.94 bits per heavy atom. The van der Waals surface area contributed by atoms with E-state index in [2.05, 4.69) is 0 Å². The van der Waals surface area contributed by atoms with Crippen molar-refractivity contribution >= 4 is 23.8 Å². The standard InChI is InChI=1S/C10H18FN3S.C9H10F2N2O.CH3.H2O.V/c1-7-3-4-14(6-8(7)11)9(12)5-10(13)15-2;10-7-3-6(4-8(11)5-7)9(13-14)1-2-12;;;/h5,7-8,12H,3-4,6,13H2,1-2H3;2-5,9,12-14H,1H2;1H3;1H2;/q;;-1;;/b10-5+,12-9?;;;;/t7-,8+;9-;;;/m00.../s1. The number of nitrogens with zero attached hydrogens (tertiary/aromatic N) is 1. The molecule has 1 aliphatic rings. The Morgan fingerprint density at radius 1 is 1.38 bits per heavy atom. The molecule has 32 heavy (non-hydrogen) atoms. The van der Waals surface area contributed by atoms with Crippen LogP contribution in [0.15, 0.2) is 29.3 Å². The zero-order valence-corrected chi connectivity index (χ0v) is 20.6. The van der Waals surface area contributed by atoms with E-state index in [0.717, 1.165) is 37.4 Å². The van der Waals surface area contributed by atoms with Crippen molar-refractivity contribution in [3.8, 4) is 0 Å². The quantitative estimate of drug-likeness (QED) is 0.171. The monoisotopic (exact) mass is 515 g/mol. The topological polar surface area (TPSA) is 141 Å². The molecule has 0 saturated carbocycles. The molecule has 3 atom stereocenters. The smallest absolute Gasteiger partial charge is 0.126 e. The van der Waals surface area contributed by atoms with Crippen molar-refractivity contribution in [2.75, 3.05) is 19.3 Å². The van der Waals surface area contributed by atoms with E-state index in [9.17, 15) is 13.2 Å². The molecule has 1 heterocycles. The van der Waals surface area contributed by atoms with Crippen LogP contribution in [0.4, 0.5) is 13.2 Å². The van der Waals surface area contributed by atoms with Crippen molar-refractivity contribution < 1.29 is 42.4 Å². The molecule has 8 N–H and O–H groups in total. The van der Waals surface area contributed by atoms with E-state index in [1.165, 1.54) is 11.8 Å². The number of rotatable bonds is 6. The van der Waals surface area contributed by atoms with Gasteiger partial charge in [-0.1, -0.05) is 6.92 Å². The summed E-state index contributed by atoms with van der Waals surface area (Å²) in [5.74, 6) is -0.984. The number of hydrogen-bond acceptors (Lipinski definition) is 6. The van der Waals surface area contributed by atoms with E-state index in [1.54, 1.807) is 11.0 Å². The minimum Gasteiger partial charge on any atom is -0.412 e. The maximum absolute atomic E-state index is 13.4. The van der Waals surface area contributed by atoms with Crippen LogP contribution < -0.4 is 11.2 Å². The zero-order valence-electron chi connectivity index (χ0n) is 18.4. The largest absolute Gasteiger partial charge is 0.412 e. The molecule has 0 aromatic heterocycles. The van der Waals surface area contributed by atoms with E-state index >= 15 is 0 Å². The van der Waals surface area contributed by atoms with Crippen molar-refractivity contribution in [1.82, 2.24) is 10.4 Å². The predicted molar refractivity (Wildman–Crippen MR) is 121 cm³/mol. The van der Waals surface area contributed by atoms with Gasteiger partial charge in [0.25, 0.3) is 0 Å². The average Bonchev–Trinajstić information content (AvgIpc) is 2.67. The minimum absolute atomic E-state index is 0. The second kappa shape index (κ2) is 18.0. The summed E-state index contributed by atoms with van der Waals surface area (Å²) in [6.45, 7) is 2.98. The number of amidine groups is 1. The first-order chi connectivity index (χ1) is 13.7. The molecular weight excluding hydrogens is 482 g/mol. The molecule has 1 radical (unpaired) electrons. The number of hydroxylamine groups is 1. The van der Waals surface area contributed by atoms with E-state index in [1.807, 2.05) is 18.7 Å². The average molecular weight is 516 g/mol. The van der Waals surface area contributed by atoms with Crippen LogP contribution in [0.5, 0.6) is 0 Å². The molecule has 1 aromatic rings. The van der Waals surface area contributed by atoms with Gasteiger partial charge in [0.2, 0.25) is 0 Å². The van der Waals surface area contributed by atoms with Gasteiger partial charge >= 0.3 is 0 Å². The fourth-order valence-corrected chi connectivity index (χ4v) is 2.91. The second-order valence-corrected chi connectivity index (χ2v) is 7.57. The number of halogens is 3. The van der Waals surface area contributed by atoms with Crippen molar-refractivity contribution in [3.05, 3.63) is 53.9 Å². The molecule has 183 valence electrons. The number of hydrogen-bond donors (Lipinski definition) is 5. The van der Waals surface area contributed by atoms with Gasteiger partial charge in [-0.15, -0.1) is 11.8 Å². The van der Waals surface area contributed by atoms with Crippen LogP contribution in [-0.4, -0.2) is 53.2 Å². The number of nitrogens with two attached hydrogens (primary N) is 1. The fraction of sp³-hybridized carbons (Fsp3) is 0.450. The maximum atomic E-state index is 13.4. The van der Waals surface area contributed by atoms with Crippen LogP contribution in [-0.2, 0) is 18.6 Å². The van der Waals surface area contributed by atoms with Gasteiger partial charge in [0.05, 0.1) is 17.6 Å². The molecule has 12 heteroatoms. The van der Waals surface area contributed by atoms with Crippen molar-refractivity contribution in [3.63, 3.8) is 0 Å². The van der Waals surface area contributed by atoms with E-state index in [-0.39, 0.29) is 49.4 Å². The third-order valence-corrected chi connectivity index (χ3v) is 5.11. The molecule has 0 unspecified atom stereocenters. The van der Waals surface area contributed by atoms with Crippen LogP contribution in [0.2, 0.25) is 0 Å². The van der Waals surface area contributed by atoms with Crippen LogP contribution in [0, 0.1) is 35.8 Å². The van der Waals surface area contributed by atoms with Gasteiger partial charge in [0.15, 0.2) is 0 Å². The summed E-state index contributed by atoms with van der Waals surface area (Å²) in [5, 5.41) is 23.9. The molecule has 2 rings (SSSR count). The molecular formula is C20H33F3N5O2SV-. The number of piperidine rings is 1. The van der Waals surface area contributed by atoms with E-state index in [4.69, 9.17) is 21.8 Å². The Labute approximate surface area is 204 Å². The predicted octanol–water partition coefficient (Wildman–Crippen LogP) is 3.45. The summed E-state index contributed by atoms with van der Waals surface area (Å²) in [4.78, 5) is 1.74. The first-order valence-electron chi connectivity index (χ1n) is 9.05. The van der Waals surface area contributed by atoms with Crippen LogP contribution in [0.25, 0.3) is 0 Å². The number of thioether (sulfide) groups is 1. The summed E-state index contributed by atoms with van der Waals surface area (Å²) < 4.78 is 38.9. The molecule has 1 fully saturated rings.